The van der Waals surface area contributed by atoms with Crippen LogP contribution in [0, 0.1) is 0 Å². The highest BCUT2D eigenvalue weighted by Crippen LogP contribution is 2.20. The molecule has 86 valence electrons. The average molecular weight is 223 g/mol. The molecule has 1 aliphatic heterocycles. The van der Waals surface area contributed by atoms with E-state index in [2.05, 4.69) is 5.32 Å². The van der Waals surface area contributed by atoms with E-state index >= 15 is 0 Å². The molecule has 1 aromatic carbocycles. The van der Waals surface area contributed by atoms with Crippen molar-refractivity contribution in [3.63, 3.8) is 0 Å². The summed E-state index contributed by atoms with van der Waals surface area (Å²) in [6.45, 7) is 2.37. The fraction of sp³-hybridized carbons (Fsp3) is 0.500. The molecule has 1 amide bonds. The monoisotopic (exact) mass is 223 g/mol. The van der Waals surface area contributed by atoms with E-state index in [9.17, 15) is 14.4 Å². The van der Waals surface area contributed by atoms with Crippen molar-refractivity contribution in [1.29, 1.82) is 0 Å². The van der Waals surface area contributed by atoms with Crippen LogP contribution in [-0.4, -0.2) is 44.5 Å². The summed E-state index contributed by atoms with van der Waals surface area (Å²) in [5.41, 5.74) is -0.0122. The fourth-order valence-corrected chi connectivity index (χ4v) is 1.96. The van der Waals surface area contributed by atoms with E-state index in [1.54, 1.807) is 11.9 Å². The Balaban J connectivity index is 2.15. The molecular formula is C10H13N3O3. The van der Waals surface area contributed by atoms with Crippen LogP contribution in [0.4, 0.5) is 11.4 Å². The second-order valence-corrected chi connectivity index (χ2v) is 3.76. The summed E-state index contributed by atoms with van der Waals surface area (Å²) >= 11 is 0. The second kappa shape index (κ2) is 3.96. The van der Waals surface area contributed by atoms with Crippen LogP contribution in [-0.2, 0) is 4.79 Å². The number of anilines is 2. The number of nitrogens with zero attached hydrogens (tertiary/aromatic N) is 2. The van der Waals surface area contributed by atoms with E-state index in [0.717, 1.165) is 6.41 Å². The van der Waals surface area contributed by atoms with Crippen molar-refractivity contribution in [3.8, 4) is 0 Å². The summed E-state index contributed by atoms with van der Waals surface area (Å²) in [7, 11) is 1.63. The number of carbonyl (C=O) groups is 1. The maximum Gasteiger partial charge on any atom is 0.253 e. The highest BCUT2D eigenvalue weighted by molar-refractivity contribution is 5.75. The minimum Gasteiger partial charge on any atom is -0.383 e. The molecule has 1 N–H and O–H groups in total. The zero-order chi connectivity index (χ0) is 11.7. The standard InChI is InChI=1S/C10H13N3O3/c1-11-7-8(10(16)9(7)15)13-4-2-12(6-14)3-5-13/h6,11H,2-5H2,1H3. The van der Waals surface area contributed by atoms with Gasteiger partial charge < -0.3 is 15.1 Å². The van der Waals surface area contributed by atoms with Gasteiger partial charge >= 0.3 is 0 Å². The van der Waals surface area contributed by atoms with Gasteiger partial charge in [-0.25, -0.2) is 0 Å². The molecule has 1 heterocycles. The number of hydrogen-bond acceptors (Lipinski definition) is 5. The lowest BCUT2D eigenvalue weighted by Crippen LogP contribution is -2.51. The molecule has 0 radical (unpaired) electrons. The molecule has 1 saturated heterocycles. The largest absolute Gasteiger partial charge is 0.383 e. The molecule has 6 nitrogen and oxygen atoms in total. The van der Waals surface area contributed by atoms with Crippen LogP contribution in [0.2, 0.25) is 0 Å². The Labute approximate surface area is 92.1 Å². The molecular weight excluding hydrogens is 210 g/mol. The van der Waals surface area contributed by atoms with Gasteiger partial charge in [-0.05, 0) is 0 Å². The molecule has 0 atom stereocenters. The normalized spacial score (nSPS) is 16.6. The van der Waals surface area contributed by atoms with Crippen molar-refractivity contribution in [2.75, 3.05) is 43.4 Å². The molecule has 6 heteroatoms. The Morgan fingerprint density at radius 1 is 1.12 bits per heavy atom. The third kappa shape index (κ3) is 1.46. The maximum atomic E-state index is 11.4. The third-order valence-corrected chi connectivity index (χ3v) is 2.91. The minimum atomic E-state index is -0.449. The van der Waals surface area contributed by atoms with Crippen molar-refractivity contribution < 1.29 is 4.79 Å². The van der Waals surface area contributed by atoms with E-state index in [4.69, 9.17) is 0 Å². The predicted octanol–water partition coefficient (Wildman–Crippen LogP) is -1.40. The van der Waals surface area contributed by atoms with E-state index in [0.29, 0.717) is 37.6 Å². The van der Waals surface area contributed by atoms with E-state index in [1.165, 1.54) is 0 Å². The number of carbonyl (C=O) groups excluding carboxylic acids is 1. The van der Waals surface area contributed by atoms with Crippen molar-refractivity contribution in [1.82, 2.24) is 4.90 Å². The van der Waals surface area contributed by atoms with Crippen molar-refractivity contribution in [3.05, 3.63) is 20.4 Å². The molecule has 0 spiro atoms. The zero-order valence-electron chi connectivity index (χ0n) is 9.02. The number of amides is 1. The summed E-state index contributed by atoms with van der Waals surface area (Å²) in [5.74, 6) is 0. The van der Waals surface area contributed by atoms with E-state index in [-0.39, 0.29) is 0 Å². The van der Waals surface area contributed by atoms with E-state index in [1.807, 2.05) is 4.90 Å². The van der Waals surface area contributed by atoms with Crippen LogP contribution in [0.3, 0.4) is 0 Å². The molecule has 0 aliphatic carbocycles. The Morgan fingerprint density at radius 3 is 2.25 bits per heavy atom. The minimum absolute atomic E-state index is 0.393. The first-order chi connectivity index (χ1) is 7.69. The fourth-order valence-electron chi connectivity index (χ4n) is 1.96. The van der Waals surface area contributed by atoms with Crippen molar-refractivity contribution in [2.45, 2.75) is 0 Å². The first-order valence-electron chi connectivity index (χ1n) is 5.14. The quantitative estimate of drug-likeness (QED) is 0.504. The lowest BCUT2D eigenvalue weighted by Gasteiger charge is -2.35. The SMILES string of the molecule is CNc1c(N2CCN(C=O)CC2)c(=O)c1=O. The zero-order valence-corrected chi connectivity index (χ0v) is 9.02. The Kier molecular flexibility index (Phi) is 2.64. The van der Waals surface area contributed by atoms with E-state index < -0.39 is 10.9 Å². The number of piperazine rings is 1. The Bertz CT molecular complexity index is 468. The van der Waals surface area contributed by atoms with Gasteiger partial charge in [0.2, 0.25) is 6.41 Å². The lowest BCUT2D eigenvalue weighted by atomic mass is 10.1. The lowest BCUT2D eigenvalue weighted by molar-refractivity contribution is -0.118. The second-order valence-electron chi connectivity index (χ2n) is 3.76. The van der Waals surface area contributed by atoms with Crippen molar-refractivity contribution >= 4 is 17.8 Å². The number of rotatable bonds is 3. The Morgan fingerprint density at radius 2 is 1.75 bits per heavy atom. The van der Waals surface area contributed by atoms with Gasteiger partial charge in [0.25, 0.3) is 10.9 Å². The van der Waals surface area contributed by atoms with Crippen LogP contribution >= 0.6 is 0 Å². The van der Waals surface area contributed by atoms with Gasteiger partial charge in [0.1, 0.15) is 11.4 Å². The molecule has 0 aromatic heterocycles. The number of hydrogen-bond donors (Lipinski definition) is 1. The summed E-state index contributed by atoms with van der Waals surface area (Å²) in [6, 6.07) is 0. The maximum absolute atomic E-state index is 11.4. The summed E-state index contributed by atoms with van der Waals surface area (Å²) < 4.78 is 0. The first-order valence-corrected chi connectivity index (χ1v) is 5.14. The molecule has 0 unspecified atom stereocenters. The van der Waals surface area contributed by atoms with Crippen molar-refractivity contribution in [2.24, 2.45) is 0 Å². The smallest absolute Gasteiger partial charge is 0.253 e. The molecule has 2 rings (SSSR count). The first kappa shape index (κ1) is 10.7. The highest BCUT2D eigenvalue weighted by atomic mass is 16.2. The predicted molar refractivity (Wildman–Crippen MR) is 60.8 cm³/mol. The van der Waals surface area contributed by atoms with Gasteiger partial charge in [0, 0.05) is 33.2 Å². The van der Waals surface area contributed by atoms with Gasteiger partial charge in [-0.1, -0.05) is 0 Å². The topological polar surface area (TPSA) is 69.7 Å². The van der Waals surface area contributed by atoms with Gasteiger partial charge in [-0.3, -0.25) is 14.4 Å². The summed E-state index contributed by atoms with van der Waals surface area (Å²) in [5, 5.41) is 2.74. The van der Waals surface area contributed by atoms with Gasteiger partial charge in [-0.15, -0.1) is 0 Å². The van der Waals surface area contributed by atoms with Crippen LogP contribution < -0.4 is 21.1 Å². The van der Waals surface area contributed by atoms with Crippen LogP contribution in [0.1, 0.15) is 0 Å². The molecule has 1 fully saturated rings. The third-order valence-electron chi connectivity index (χ3n) is 2.91. The Hall–Kier alpha value is -1.85. The molecule has 1 aromatic rings. The van der Waals surface area contributed by atoms with Crippen LogP contribution in [0.5, 0.6) is 0 Å². The molecule has 0 saturated carbocycles. The van der Waals surface area contributed by atoms with Crippen LogP contribution in [0.15, 0.2) is 9.59 Å². The molecule has 16 heavy (non-hydrogen) atoms. The average Bonchev–Trinajstić information content (AvgIpc) is 2.34. The van der Waals surface area contributed by atoms with Gasteiger partial charge in [0.15, 0.2) is 0 Å². The number of nitrogens with one attached hydrogen (secondary N) is 1. The summed E-state index contributed by atoms with van der Waals surface area (Å²) in [4.78, 5) is 36.6. The highest BCUT2D eigenvalue weighted by Gasteiger charge is 2.27. The van der Waals surface area contributed by atoms with Gasteiger partial charge in [-0.2, -0.15) is 0 Å². The molecule has 0 bridgehead atoms. The van der Waals surface area contributed by atoms with Crippen LogP contribution in [0.25, 0.3) is 0 Å². The molecule has 1 aliphatic rings. The van der Waals surface area contributed by atoms with Gasteiger partial charge in [0.05, 0.1) is 0 Å². The summed E-state index contributed by atoms with van der Waals surface area (Å²) in [6.07, 6.45) is 0.804.